The molecule has 1 unspecified atom stereocenters. The Balaban J connectivity index is 2.18. The number of rotatable bonds is 7. The third-order valence-electron chi connectivity index (χ3n) is 3.11. The van der Waals surface area contributed by atoms with Gasteiger partial charge in [0.1, 0.15) is 0 Å². The maximum atomic E-state index is 2.34. The molecule has 1 atom stereocenters. The van der Waals surface area contributed by atoms with Gasteiger partial charge in [0.15, 0.2) is 0 Å². The molecule has 0 aliphatic heterocycles. The third kappa shape index (κ3) is 7.11. The molecule has 0 radical (unpaired) electrons. The normalized spacial score (nSPS) is 12.6. The lowest BCUT2D eigenvalue weighted by Crippen LogP contribution is -1.91. The van der Waals surface area contributed by atoms with Crippen molar-refractivity contribution in [3.8, 4) is 0 Å². The maximum absolute atomic E-state index is 2.34. The summed E-state index contributed by atoms with van der Waals surface area (Å²) in [5.41, 5.74) is 2.83. The summed E-state index contributed by atoms with van der Waals surface area (Å²) in [5.74, 6) is 0.785. The maximum Gasteiger partial charge on any atom is -0.00975 e. The lowest BCUT2D eigenvalue weighted by molar-refractivity contribution is 0.545. The van der Waals surface area contributed by atoms with Crippen LogP contribution in [-0.2, 0) is 6.42 Å². The smallest absolute Gasteiger partial charge is 0.00975 e. The summed E-state index contributed by atoms with van der Waals surface area (Å²) >= 11 is 0. The van der Waals surface area contributed by atoms with E-state index in [0.29, 0.717) is 0 Å². The predicted octanol–water partition coefficient (Wildman–Crippen LogP) is 5.56. The van der Waals surface area contributed by atoms with E-state index in [-0.39, 0.29) is 0 Å². The van der Waals surface area contributed by atoms with E-state index < -0.39 is 0 Å². The fourth-order valence-corrected chi connectivity index (χ4v) is 1.94. The lowest BCUT2D eigenvalue weighted by Gasteiger charge is -2.06. The van der Waals surface area contributed by atoms with Gasteiger partial charge in [-0.05, 0) is 51.0 Å². The van der Waals surface area contributed by atoms with Gasteiger partial charge >= 0.3 is 0 Å². The van der Waals surface area contributed by atoms with Crippen LogP contribution in [0.2, 0.25) is 0 Å². The second-order valence-electron chi connectivity index (χ2n) is 5.36. The fraction of sp³-hybridized carbons (Fsp3) is 0.444. The second kappa shape index (κ2) is 8.74. The van der Waals surface area contributed by atoms with Crippen LogP contribution in [0.3, 0.4) is 0 Å². The van der Waals surface area contributed by atoms with E-state index in [4.69, 9.17) is 0 Å². The van der Waals surface area contributed by atoms with Crippen LogP contribution in [0.1, 0.15) is 45.6 Å². The predicted molar refractivity (Wildman–Crippen MR) is 81.7 cm³/mol. The molecule has 1 aromatic carbocycles. The van der Waals surface area contributed by atoms with Crippen molar-refractivity contribution < 1.29 is 0 Å². The van der Waals surface area contributed by atoms with Gasteiger partial charge in [0, 0.05) is 0 Å². The van der Waals surface area contributed by atoms with E-state index in [1.54, 1.807) is 0 Å². The average Bonchev–Trinajstić information content (AvgIpc) is 2.35. The van der Waals surface area contributed by atoms with E-state index in [2.05, 4.69) is 69.3 Å². The van der Waals surface area contributed by atoms with Crippen molar-refractivity contribution in [1.29, 1.82) is 0 Å². The van der Waals surface area contributed by atoms with E-state index in [1.165, 1.54) is 30.4 Å². The summed E-state index contributed by atoms with van der Waals surface area (Å²) in [6.45, 7) is 6.68. The molecule has 1 aromatic rings. The monoisotopic (exact) mass is 242 g/mol. The van der Waals surface area contributed by atoms with Gasteiger partial charge in [0.05, 0.1) is 0 Å². The van der Waals surface area contributed by atoms with Crippen LogP contribution >= 0.6 is 0 Å². The quantitative estimate of drug-likeness (QED) is 0.549. The molecule has 0 aliphatic carbocycles. The van der Waals surface area contributed by atoms with Crippen molar-refractivity contribution in [2.75, 3.05) is 0 Å². The Morgan fingerprint density at radius 3 is 2.50 bits per heavy atom. The molecule has 0 heterocycles. The van der Waals surface area contributed by atoms with Crippen molar-refractivity contribution in [3.63, 3.8) is 0 Å². The summed E-state index contributed by atoms with van der Waals surface area (Å²) in [4.78, 5) is 0. The van der Waals surface area contributed by atoms with Gasteiger partial charge in [0.2, 0.25) is 0 Å². The minimum absolute atomic E-state index is 0.785. The Bertz CT molecular complexity index is 366. The minimum Gasteiger partial charge on any atom is -0.0879 e. The number of allylic oxidation sites excluding steroid dienone is 4. The number of benzene rings is 1. The minimum atomic E-state index is 0.785. The zero-order valence-electron chi connectivity index (χ0n) is 12.0. The van der Waals surface area contributed by atoms with E-state index in [9.17, 15) is 0 Å². The van der Waals surface area contributed by atoms with Gasteiger partial charge in [-0.2, -0.15) is 0 Å². The van der Waals surface area contributed by atoms with Gasteiger partial charge in [-0.1, -0.05) is 61.1 Å². The number of hydrogen-bond donors (Lipinski definition) is 0. The Hall–Kier alpha value is -1.30. The van der Waals surface area contributed by atoms with Crippen LogP contribution in [0.4, 0.5) is 0 Å². The first-order chi connectivity index (χ1) is 8.68. The molecule has 0 fully saturated rings. The van der Waals surface area contributed by atoms with E-state index in [0.717, 1.165) is 12.3 Å². The molecule has 0 saturated heterocycles. The highest BCUT2D eigenvalue weighted by molar-refractivity contribution is 5.17. The van der Waals surface area contributed by atoms with E-state index in [1.807, 2.05) is 0 Å². The number of hydrogen-bond acceptors (Lipinski definition) is 0. The van der Waals surface area contributed by atoms with Crippen LogP contribution < -0.4 is 0 Å². The molecular formula is C18H26. The van der Waals surface area contributed by atoms with Crippen molar-refractivity contribution >= 4 is 0 Å². The van der Waals surface area contributed by atoms with Gasteiger partial charge < -0.3 is 0 Å². The van der Waals surface area contributed by atoms with Crippen LogP contribution in [0, 0.1) is 5.92 Å². The molecule has 18 heavy (non-hydrogen) atoms. The van der Waals surface area contributed by atoms with Crippen LogP contribution in [0.5, 0.6) is 0 Å². The molecule has 0 heteroatoms. The zero-order valence-corrected chi connectivity index (χ0v) is 12.0. The molecule has 0 bridgehead atoms. The van der Waals surface area contributed by atoms with Gasteiger partial charge in [-0.15, -0.1) is 0 Å². The fourth-order valence-electron chi connectivity index (χ4n) is 1.94. The highest BCUT2D eigenvalue weighted by Crippen LogP contribution is 2.12. The largest absolute Gasteiger partial charge is 0.0879 e. The molecule has 0 nitrogen and oxygen atoms in total. The summed E-state index contributed by atoms with van der Waals surface area (Å²) in [7, 11) is 0. The SMILES string of the molecule is CC(C)=CCCC(C)C/C=C/Cc1ccccc1. The summed E-state index contributed by atoms with van der Waals surface area (Å²) in [6, 6.07) is 10.6. The van der Waals surface area contributed by atoms with Gasteiger partial charge in [-0.25, -0.2) is 0 Å². The van der Waals surface area contributed by atoms with Crippen LogP contribution in [-0.4, -0.2) is 0 Å². The molecular weight excluding hydrogens is 216 g/mol. The van der Waals surface area contributed by atoms with Crippen LogP contribution in [0.15, 0.2) is 54.1 Å². The van der Waals surface area contributed by atoms with Crippen molar-refractivity contribution in [2.45, 2.75) is 46.5 Å². The highest BCUT2D eigenvalue weighted by atomic mass is 14.0. The Morgan fingerprint density at radius 1 is 1.11 bits per heavy atom. The third-order valence-corrected chi connectivity index (χ3v) is 3.11. The Kier molecular flexibility index (Phi) is 7.17. The first-order valence-corrected chi connectivity index (χ1v) is 7.00. The zero-order chi connectivity index (χ0) is 13.2. The van der Waals surface area contributed by atoms with Crippen molar-refractivity contribution in [1.82, 2.24) is 0 Å². The topological polar surface area (TPSA) is 0 Å². The standard InChI is InChI=1S/C18H26/c1-16(2)10-9-12-17(3)11-7-8-15-18-13-5-4-6-14-18/h4-8,10,13-14,17H,9,11-12,15H2,1-3H3/b8-7+. The van der Waals surface area contributed by atoms with Crippen LogP contribution in [0.25, 0.3) is 0 Å². The molecule has 0 saturated carbocycles. The molecule has 0 aromatic heterocycles. The van der Waals surface area contributed by atoms with Gasteiger partial charge in [-0.3, -0.25) is 0 Å². The molecule has 0 spiro atoms. The summed E-state index contributed by atoms with van der Waals surface area (Å²) < 4.78 is 0. The summed E-state index contributed by atoms with van der Waals surface area (Å²) in [6.07, 6.45) is 11.7. The Labute approximate surface area is 112 Å². The molecule has 98 valence electrons. The Morgan fingerprint density at radius 2 is 1.83 bits per heavy atom. The van der Waals surface area contributed by atoms with Crippen molar-refractivity contribution in [2.24, 2.45) is 5.92 Å². The van der Waals surface area contributed by atoms with Gasteiger partial charge in [0.25, 0.3) is 0 Å². The van der Waals surface area contributed by atoms with E-state index >= 15 is 0 Å². The molecule has 1 rings (SSSR count). The van der Waals surface area contributed by atoms with Crippen molar-refractivity contribution in [3.05, 3.63) is 59.7 Å². The highest BCUT2D eigenvalue weighted by Gasteiger charge is 1.97. The lowest BCUT2D eigenvalue weighted by atomic mass is 10.0. The molecule has 0 N–H and O–H groups in total. The summed E-state index contributed by atoms with van der Waals surface area (Å²) in [5, 5.41) is 0. The second-order valence-corrected chi connectivity index (χ2v) is 5.36. The molecule has 0 amide bonds. The first kappa shape index (κ1) is 14.8. The first-order valence-electron chi connectivity index (χ1n) is 7.00. The average molecular weight is 242 g/mol. The molecule has 0 aliphatic rings.